The molecule has 2 aromatic rings. The van der Waals surface area contributed by atoms with Crippen molar-refractivity contribution in [3.05, 3.63) is 52.1 Å². The summed E-state index contributed by atoms with van der Waals surface area (Å²) in [5, 5.41) is 16.9. The predicted octanol–water partition coefficient (Wildman–Crippen LogP) is 2.73. The molecule has 0 aliphatic carbocycles. The molecule has 2 rings (SSSR count). The standard InChI is InChI=1S/C16H18ClFN2O3/c1-10-13(15(17)23-20-10)7-8-14(21)19-9-16(2,22)11-3-5-12(18)6-4-11/h3-6,22H,7-9H2,1-2H3,(H,19,21). The molecule has 0 saturated heterocycles. The number of aromatic nitrogens is 1. The van der Waals surface area contributed by atoms with Gasteiger partial charge in [0.25, 0.3) is 0 Å². The number of carbonyl (C=O) groups excluding carboxylic acids is 1. The van der Waals surface area contributed by atoms with Crippen molar-refractivity contribution in [2.24, 2.45) is 0 Å². The van der Waals surface area contributed by atoms with Crippen molar-refractivity contribution in [3.8, 4) is 0 Å². The smallest absolute Gasteiger partial charge is 0.229 e. The van der Waals surface area contributed by atoms with Crippen molar-refractivity contribution < 1.29 is 18.8 Å². The first kappa shape index (κ1) is 17.4. The normalized spacial score (nSPS) is 13.6. The summed E-state index contributed by atoms with van der Waals surface area (Å²) in [5.41, 5.74) is 0.596. The third kappa shape index (κ3) is 4.53. The zero-order valence-corrected chi connectivity index (χ0v) is 13.7. The highest BCUT2D eigenvalue weighted by Gasteiger charge is 2.24. The minimum absolute atomic E-state index is 0.0216. The van der Waals surface area contributed by atoms with Crippen LogP contribution < -0.4 is 5.32 Å². The molecule has 0 aliphatic rings. The molecule has 0 radical (unpaired) electrons. The van der Waals surface area contributed by atoms with E-state index in [4.69, 9.17) is 16.1 Å². The van der Waals surface area contributed by atoms with Gasteiger partial charge < -0.3 is 14.9 Å². The second-order valence-corrected chi connectivity index (χ2v) is 5.92. The van der Waals surface area contributed by atoms with Crippen LogP contribution in [0.2, 0.25) is 5.22 Å². The molecule has 0 aliphatic heterocycles. The zero-order chi connectivity index (χ0) is 17.0. The maximum Gasteiger partial charge on any atom is 0.229 e. The number of benzene rings is 1. The van der Waals surface area contributed by atoms with Crippen LogP contribution in [0, 0.1) is 12.7 Å². The fraction of sp³-hybridized carbons (Fsp3) is 0.375. The van der Waals surface area contributed by atoms with Crippen molar-refractivity contribution >= 4 is 17.5 Å². The van der Waals surface area contributed by atoms with Crippen LogP contribution in [0.3, 0.4) is 0 Å². The molecule has 7 heteroatoms. The van der Waals surface area contributed by atoms with Crippen molar-refractivity contribution in [1.29, 1.82) is 0 Å². The van der Waals surface area contributed by atoms with E-state index < -0.39 is 5.60 Å². The van der Waals surface area contributed by atoms with Gasteiger partial charge in [0.1, 0.15) is 11.4 Å². The van der Waals surface area contributed by atoms with E-state index in [0.717, 1.165) is 0 Å². The van der Waals surface area contributed by atoms with Gasteiger partial charge in [-0.15, -0.1) is 0 Å². The van der Waals surface area contributed by atoms with E-state index >= 15 is 0 Å². The Hall–Kier alpha value is -1.92. The number of amides is 1. The molecular weight excluding hydrogens is 323 g/mol. The van der Waals surface area contributed by atoms with Crippen molar-refractivity contribution in [1.82, 2.24) is 10.5 Å². The fourth-order valence-corrected chi connectivity index (χ4v) is 2.41. The Balaban J connectivity index is 1.87. The number of nitrogens with one attached hydrogen (secondary N) is 1. The highest BCUT2D eigenvalue weighted by molar-refractivity contribution is 6.29. The molecule has 2 N–H and O–H groups in total. The summed E-state index contributed by atoms with van der Waals surface area (Å²) < 4.78 is 17.7. The van der Waals surface area contributed by atoms with Crippen LogP contribution in [-0.4, -0.2) is 22.7 Å². The molecule has 1 amide bonds. The van der Waals surface area contributed by atoms with Gasteiger partial charge in [0.05, 0.1) is 12.2 Å². The van der Waals surface area contributed by atoms with Crippen LogP contribution in [0.15, 0.2) is 28.8 Å². The molecular formula is C16H18ClFN2O3. The van der Waals surface area contributed by atoms with Gasteiger partial charge in [0, 0.05) is 12.0 Å². The summed E-state index contributed by atoms with van der Waals surface area (Å²) in [4.78, 5) is 11.9. The Morgan fingerprint density at radius 2 is 2.09 bits per heavy atom. The highest BCUT2D eigenvalue weighted by Crippen LogP contribution is 2.21. The predicted molar refractivity (Wildman–Crippen MR) is 83.6 cm³/mol. The molecule has 1 heterocycles. The van der Waals surface area contributed by atoms with E-state index in [-0.39, 0.29) is 29.9 Å². The monoisotopic (exact) mass is 340 g/mol. The summed E-state index contributed by atoms with van der Waals surface area (Å²) in [6.45, 7) is 3.33. The minimum Gasteiger partial charge on any atom is -0.384 e. The number of nitrogens with zero attached hydrogens (tertiary/aromatic N) is 1. The molecule has 23 heavy (non-hydrogen) atoms. The number of aliphatic hydroxyl groups is 1. The fourth-order valence-electron chi connectivity index (χ4n) is 2.15. The number of hydrogen-bond acceptors (Lipinski definition) is 4. The SMILES string of the molecule is Cc1noc(Cl)c1CCC(=O)NCC(C)(O)c1ccc(F)cc1. The van der Waals surface area contributed by atoms with E-state index in [1.807, 2.05) is 0 Å². The first-order valence-electron chi connectivity index (χ1n) is 7.15. The van der Waals surface area contributed by atoms with E-state index in [9.17, 15) is 14.3 Å². The summed E-state index contributed by atoms with van der Waals surface area (Å²) in [5.74, 6) is -0.612. The molecule has 1 aromatic heterocycles. The molecule has 124 valence electrons. The average Bonchev–Trinajstić information content (AvgIpc) is 2.82. The minimum atomic E-state index is -1.28. The Kier molecular flexibility index (Phi) is 5.38. The maximum absolute atomic E-state index is 12.9. The summed E-state index contributed by atoms with van der Waals surface area (Å²) >= 11 is 5.84. The first-order valence-corrected chi connectivity index (χ1v) is 7.53. The van der Waals surface area contributed by atoms with E-state index in [1.165, 1.54) is 24.3 Å². The van der Waals surface area contributed by atoms with Gasteiger partial charge >= 0.3 is 0 Å². The highest BCUT2D eigenvalue weighted by atomic mass is 35.5. The molecule has 0 spiro atoms. The number of halogens is 2. The lowest BCUT2D eigenvalue weighted by Crippen LogP contribution is -2.38. The molecule has 0 saturated carbocycles. The molecule has 1 unspecified atom stereocenters. The topological polar surface area (TPSA) is 75.4 Å². The lowest BCUT2D eigenvalue weighted by atomic mass is 9.96. The Labute approximate surface area is 138 Å². The van der Waals surface area contributed by atoms with Gasteiger partial charge in [-0.2, -0.15) is 0 Å². The van der Waals surface area contributed by atoms with Crippen molar-refractivity contribution in [3.63, 3.8) is 0 Å². The Morgan fingerprint density at radius 1 is 1.43 bits per heavy atom. The lowest BCUT2D eigenvalue weighted by molar-refractivity contribution is -0.122. The summed E-state index contributed by atoms with van der Waals surface area (Å²) in [6.07, 6.45) is 0.597. The number of rotatable bonds is 6. The van der Waals surface area contributed by atoms with E-state index in [1.54, 1.807) is 13.8 Å². The van der Waals surface area contributed by atoms with E-state index in [2.05, 4.69) is 10.5 Å². The Morgan fingerprint density at radius 3 is 2.65 bits per heavy atom. The second kappa shape index (κ2) is 7.10. The van der Waals surface area contributed by atoms with Gasteiger partial charge in [0.15, 0.2) is 0 Å². The van der Waals surface area contributed by atoms with Gasteiger partial charge in [-0.3, -0.25) is 4.79 Å². The number of aryl methyl sites for hydroxylation is 1. The van der Waals surface area contributed by atoms with Crippen LogP contribution in [-0.2, 0) is 16.8 Å². The third-order valence-corrected chi connectivity index (χ3v) is 3.93. The Bertz CT molecular complexity index is 664. The largest absolute Gasteiger partial charge is 0.384 e. The van der Waals surface area contributed by atoms with Crippen LogP contribution in [0.25, 0.3) is 0 Å². The molecule has 5 nitrogen and oxygen atoms in total. The quantitative estimate of drug-likeness (QED) is 0.847. The molecule has 0 bridgehead atoms. The molecule has 1 aromatic carbocycles. The zero-order valence-electron chi connectivity index (χ0n) is 12.9. The van der Waals surface area contributed by atoms with Crippen molar-refractivity contribution in [2.45, 2.75) is 32.3 Å². The van der Waals surface area contributed by atoms with Crippen LogP contribution in [0.5, 0.6) is 0 Å². The van der Waals surface area contributed by atoms with Gasteiger partial charge in [0.2, 0.25) is 11.1 Å². The van der Waals surface area contributed by atoms with E-state index in [0.29, 0.717) is 23.2 Å². The molecule has 0 fully saturated rings. The van der Waals surface area contributed by atoms with Gasteiger partial charge in [-0.05, 0) is 49.6 Å². The summed E-state index contributed by atoms with van der Waals surface area (Å²) in [7, 11) is 0. The average molecular weight is 341 g/mol. The van der Waals surface area contributed by atoms with Crippen LogP contribution in [0.1, 0.15) is 30.2 Å². The first-order chi connectivity index (χ1) is 10.8. The number of hydrogen-bond donors (Lipinski definition) is 2. The number of carbonyl (C=O) groups is 1. The van der Waals surface area contributed by atoms with Gasteiger partial charge in [-0.25, -0.2) is 4.39 Å². The lowest BCUT2D eigenvalue weighted by Gasteiger charge is -2.24. The third-order valence-electron chi connectivity index (χ3n) is 3.63. The molecule has 1 atom stereocenters. The summed E-state index contributed by atoms with van der Waals surface area (Å²) in [6, 6.07) is 5.51. The second-order valence-electron chi connectivity index (χ2n) is 5.58. The maximum atomic E-state index is 12.9. The van der Waals surface area contributed by atoms with Gasteiger partial charge in [-0.1, -0.05) is 17.3 Å². The van der Waals surface area contributed by atoms with Crippen molar-refractivity contribution in [2.75, 3.05) is 6.54 Å². The van der Waals surface area contributed by atoms with Crippen LogP contribution >= 0.6 is 11.6 Å². The van der Waals surface area contributed by atoms with Crippen LogP contribution in [0.4, 0.5) is 4.39 Å².